The standard InChI is InChI=1S/C13H16N2O7S3/c16-10-6-7-11(17)15(10)14-8-2-1-4-12(14)24-23-9-3-5-13(18)22-25(19,20)21/h1-2,4,8,12H,3,5-7,9H2,(H,19,20,21). The van der Waals surface area contributed by atoms with Crippen molar-refractivity contribution in [3.8, 4) is 0 Å². The molecule has 25 heavy (non-hydrogen) atoms. The Morgan fingerprint density at radius 2 is 1.96 bits per heavy atom. The summed E-state index contributed by atoms with van der Waals surface area (Å²) in [5, 5.41) is 2.45. The van der Waals surface area contributed by atoms with Gasteiger partial charge in [0.15, 0.2) is 0 Å². The molecule has 1 N–H and O–H groups in total. The van der Waals surface area contributed by atoms with Gasteiger partial charge in [0.05, 0.1) is 0 Å². The monoisotopic (exact) mass is 408 g/mol. The van der Waals surface area contributed by atoms with Crippen LogP contribution in [0.4, 0.5) is 0 Å². The molecule has 2 rings (SSSR count). The highest BCUT2D eigenvalue weighted by Gasteiger charge is 2.36. The molecule has 1 saturated heterocycles. The maximum atomic E-state index is 11.9. The summed E-state index contributed by atoms with van der Waals surface area (Å²) in [4.78, 5) is 34.9. The first-order valence-electron chi connectivity index (χ1n) is 7.25. The van der Waals surface area contributed by atoms with Crippen molar-refractivity contribution in [3.05, 3.63) is 24.4 Å². The predicted octanol–water partition coefficient (Wildman–Crippen LogP) is 1.27. The minimum absolute atomic E-state index is 0.152. The molecule has 1 unspecified atom stereocenters. The molecule has 2 amide bonds. The van der Waals surface area contributed by atoms with Crippen molar-refractivity contribution < 1.29 is 31.5 Å². The molecule has 1 atom stereocenters. The Labute approximate surface area is 152 Å². The molecule has 1 fully saturated rings. The zero-order valence-electron chi connectivity index (χ0n) is 12.9. The van der Waals surface area contributed by atoms with Crippen LogP contribution in [0, 0.1) is 0 Å². The third-order valence-corrected chi connectivity index (χ3v) is 6.17. The second kappa shape index (κ2) is 8.74. The Balaban J connectivity index is 1.76. The van der Waals surface area contributed by atoms with E-state index in [1.54, 1.807) is 17.3 Å². The van der Waals surface area contributed by atoms with Crippen molar-refractivity contribution in [2.75, 3.05) is 5.75 Å². The van der Waals surface area contributed by atoms with Crippen LogP contribution in [-0.4, -0.2) is 51.9 Å². The number of nitrogens with zero attached hydrogens (tertiary/aromatic N) is 2. The molecule has 0 radical (unpaired) electrons. The minimum atomic E-state index is -4.76. The highest BCUT2D eigenvalue weighted by atomic mass is 33.1. The van der Waals surface area contributed by atoms with Gasteiger partial charge in [-0.3, -0.25) is 23.9 Å². The van der Waals surface area contributed by atoms with Crippen LogP contribution < -0.4 is 0 Å². The van der Waals surface area contributed by atoms with Gasteiger partial charge in [-0.15, -0.1) is 0 Å². The van der Waals surface area contributed by atoms with Crippen LogP contribution in [-0.2, 0) is 29.0 Å². The molecule has 2 aliphatic rings. The maximum Gasteiger partial charge on any atom is 0.448 e. The summed E-state index contributed by atoms with van der Waals surface area (Å²) < 4.78 is 32.9. The zero-order valence-corrected chi connectivity index (χ0v) is 15.4. The van der Waals surface area contributed by atoms with Crippen LogP contribution in [0.3, 0.4) is 0 Å². The number of rotatable bonds is 8. The summed E-state index contributed by atoms with van der Waals surface area (Å²) in [6, 6.07) is 0. The van der Waals surface area contributed by atoms with Gasteiger partial charge < -0.3 is 4.18 Å². The third-order valence-electron chi connectivity index (χ3n) is 3.12. The van der Waals surface area contributed by atoms with Crippen molar-refractivity contribution in [2.45, 2.75) is 31.1 Å². The molecule has 0 bridgehead atoms. The van der Waals surface area contributed by atoms with E-state index in [1.807, 2.05) is 12.2 Å². The van der Waals surface area contributed by atoms with Crippen LogP contribution in [0.5, 0.6) is 0 Å². The van der Waals surface area contributed by atoms with Gasteiger partial charge in [0, 0.05) is 31.2 Å². The third kappa shape index (κ3) is 6.06. The second-order valence-electron chi connectivity index (χ2n) is 5.00. The van der Waals surface area contributed by atoms with Gasteiger partial charge in [0.2, 0.25) is 11.8 Å². The fraction of sp³-hybridized carbons (Fsp3) is 0.462. The second-order valence-corrected chi connectivity index (χ2v) is 8.63. The lowest BCUT2D eigenvalue weighted by Gasteiger charge is -2.35. The first kappa shape index (κ1) is 19.8. The normalized spacial score (nSPS) is 20.4. The van der Waals surface area contributed by atoms with Crippen molar-refractivity contribution >= 4 is 49.8 Å². The average Bonchev–Trinajstić information content (AvgIpc) is 2.85. The molecule has 9 nitrogen and oxygen atoms in total. The molecule has 12 heteroatoms. The van der Waals surface area contributed by atoms with Gasteiger partial charge in [-0.2, -0.15) is 13.4 Å². The summed E-state index contributed by atoms with van der Waals surface area (Å²) in [7, 11) is -1.96. The van der Waals surface area contributed by atoms with E-state index in [-0.39, 0.29) is 36.5 Å². The average molecular weight is 408 g/mol. The maximum absolute atomic E-state index is 11.9. The fourth-order valence-corrected chi connectivity index (χ4v) is 4.84. The van der Waals surface area contributed by atoms with Gasteiger partial charge in [-0.05, 0) is 18.6 Å². The summed E-state index contributed by atoms with van der Waals surface area (Å²) in [5.41, 5.74) is 0. The Kier molecular flexibility index (Phi) is 6.93. The van der Waals surface area contributed by atoms with E-state index in [0.29, 0.717) is 12.2 Å². The summed E-state index contributed by atoms with van der Waals surface area (Å²) >= 11 is 0. The van der Waals surface area contributed by atoms with E-state index in [1.165, 1.54) is 21.6 Å². The molecular formula is C13H16N2O7S3. The van der Waals surface area contributed by atoms with E-state index >= 15 is 0 Å². The first-order valence-corrected chi connectivity index (χ1v) is 11.0. The van der Waals surface area contributed by atoms with Crippen LogP contribution in [0.25, 0.3) is 0 Å². The van der Waals surface area contributed by atoms with Gasteiger partial charge in [0.1, 0.15) is 5.37 Å². The number of imide groups is 1. The lowest BCUT2D eigenvalue weighted by Crippen LogP contribution is -2.47. The van der Waals surface area contributed by atoms with E-state index in [2.05, 4.69) is 4.18 Å². The fourth-order valence-electron chi connectivity index (χ4n) is 2.10. The molecule has 0 aliphatic carbocycles. The Morgan fingerprint density at radius 1 is 1.28 bits per heavy atom. The molecule has 0 spiro atoms. The molecule has 0 aromatic rings. The van der Waals surface area contributed by atoms with Crippen LogP contribution in [0.2, 0.25) is 0 Å². The minimum Gasteiger partial charge on any atom is -0.325 e. The summed E-state index contributed by atoms with van der Waals surface area (Å²) in [5.74, 6) is -1.000. The van der Waals surface area contributed by atoms with Gasteiger partial charge in [-0.1, -0.05) is 27.7 Å². The van der Waals surface area contributed by atoms with E-state index in [0.717, 1.165) is 5.01 Å². The number of hydrazine groups is 1. The molecule has 0 saturated carbocycles. The number of carbonyl (C=O) groups is 3. The van der Waals surface area contributed by atoms with Crippen LogP contribution in [0.15, 0.2) is 24.4 Å². The Morgan fingerprint density at radius 3 is 2.60 bits per heavy atom. The van der Waals surface area contributed by atoms with Gasteiger partial charge in [-0.25, -0.2) is 0 Å². The lowest BCUT2D eigenvalue weighted by atomic mass is 10.3. The van der Waals surface area contributed by atoms with Crippen molar-refractivity contribution in [2.24, 2.45) is 0 Å². The highest BCUT2D eigenvalue weighted by molar-refractivity contribution is 8.77. The Bertz CT molecular complexity index is 688. The van der Waals surface area contributed by atoms with E-state index in [4.69, 9.17) is 4.55 Å². The lowest BCUT2D eigenvalue weighted by molar-refractivity contribution is -0.153. The molecule has 0 aromatic heterocycles. The molecular weight excluding hydrogens is 392 g/mol. The van der Waals surface area contributed by atoms with Gasteiger partial charge in [0.25, 0.3) is 0 Å². The van der Waals surface area contributed by atoms with E-state index in [9.17, 15) is 22.8 Å². The van der Waals surface area contributed by atoms with Gasteiger partial charge >= 0.3 is 16.4 Å². The highest BCUT2D eigenvalue weighted by Crippen LogP contribution is 2.34. The number of allylic oxidation sites excluding steroid dienone is 2. The Hall–Kier alpha value is -1.50. The largest absolute Gasteiger partial charge is 0.448 e. The SMILES string of the molecule is O=C(CCCSSC1C=CC=CN1N1C(=O)CCC1=O)OS(=O)(=O)O. The van der Waals surface area contributed by atoms with Crippen LogP contribution >= 0.6 is 21.6 Å². The zero-order chi connectivity index (χ0) is 18.4. The van der Waals surface area contributed by atoms with Crippen LogP contribution in [0.1, 0.15) is 25.7 Å². The first-order chi connectivity index (χ1) is 11.8. The number of amides is 2. The molecule has 2 aliphatic heterocycles. The van der Waals surface area contributed by atoms with Crippen molar-refractivity contribution in [1.29, 1.82) is 0 Å². The quantitative estimate of drug-likeness (QED) is 0.272. The molecule has 138 valence electrons. The molecule has 0 aromatic carbocycles. The smallest absolute Gasteiger partial charge is 0.325 e. The molecule has 2 heterocycles. The summed E-state index contributed by atoms with van der Waals surface area (Å²) in [6.45, 7) is 0. The predicted molar refractivity (Wildman–Crippen MR) is 91.9 cm³/mol. The topological polar surface area (TPSA) is 121 Å². The number of hydrogen-bond donors (Lipinski definition) is 1. The van der Waals surface area contributed by atoms with Crippen molar-refractivity contribution in [1.82, 2.24) is 10.0 Å². The number of hydrogen-bond acceptors (Lipinski definition) is 9. The van der Waals surface area contributed by atoms with Crippen molar-refractivity contribution in [3.63, 3.8) is 0 Å². The number of carbonyl (C=O) groups excluding carboxylic acids is 3. The summed E-state index contributed by atoms with van der Waals surface area (Å²) in [6.07, 6.45) is 7.63. The van der Waals surface area contributed by atoms with E-state index < -0.39 is 16.4 Å².